The number of hydrogen-bond acceptors (Lipinski definition) is 5. The fourth-order valence-corrected chi connectivity index (χ4v) is 3.86. The topological polar surface area (TPSA) is 57.7 Å². The summed E-state index contributed by atoms with van der Waals surface area (Å²) in [4.78, 5) is 16.8. The second-order valence-corrected chi connectivity index (χ2v) is 7.67. The Kier molecular flexibility index (Phi) is 9.57. The zero-order valence-electron chi connectivity index (χ0n) is 19.7. The Morgan fingerprint density at radius 2 is 1.71 bits per heavy atom. The van der Waals surface area contributed by atoms with Crippen molar-refractivity contribution in [1.29, 1.82) is 0 Å². The van der Waals surface area contributed by atoms with Crippen molar-refractivity contribution < 1.29 is 19.0 Å². The van der Waals surface area contributed by atoms with Crippen molar-refractivity contribution in [2.45, 2.75) is 59.8 Å². The molecule has 2 rings (SSSR count). The lowest BCUT2D eigenvalue weighted by Crippen LogP contribution is -2.09. The molecule has 1 aromatic heterocycles. The Balaban J connectivity index is 2.23. The van der Waals surface area contributed by atoms with Crippen LogP contribution in [0.5, 0.6) is 11.5 Å². The van der Waals surface area contributed by atoms with Crippen molar-refractivity contribution in [3.05, 3.63) is 57.9 Å². The summed E-state index contributed by atoms with van der Waals surface area (Å²) in [5.41, 5.74) is 5.79. The molecule has 31 heavy (non-hydrogen) atoms. The highest BCUT2D eigenvalue weighted by molar-refractivity contribution is 5.94. The van der Waals surface area contributed by atoms with Crippen molar-refractivity contribution in [2.75, 3.05) is 20.8 Å². The van der Waals surface area contributed by atoms with Crippen molar-refractivity contribution >= 4 is 12.0 Å². The molecule has 0 aliphatic heterocycles. The van der Waals surface area contributed by atoms with Gasteiger partial charge in [-0.25, -0.2) is 4.79 Å². The van der Waals surface area contributed by atoms with Gasteiger partial charge in [0.1, 0.15) is 11.5 Å². The summed E-state index contributed by atoms with van der Waals surface area (Å²) in [7, 11) is 3.33. The standard InChI is InChI=1S/C26H35NO4/c1-7-31-26(28)22(14-10-8-9-12-21-13-11-15-27-17-21)16-23-20(4)24(29-5)18(2)19(3)25(23)30-6/h11,13,15-17H,7-10,12,14H2,1-6H3. The molecule has 168 valence electrons. The van der Waals surface area contributed by atoms with Crippen molar-refractivity contribution in [3.8, 4) is 11.5 Å². The fourth-order valence-electron chi connectivity index (χ4n) is 3.86. The number of esters is 1. The molecule has 0 spiro atoms. The number of pyridine rings is 1. The maximum Gasteiger partial charge on any atom is 0.334 e. The SMILES string of the molecule is CCOC(=O)C(=Cc1c(C)c(OC)c(C)c(C)c1OC)CCCCCc1cccnc1. The first-order valence-corrected chi connectivity index (χ1v) is 10.9. The third kappa shape index (κ3) is 6.33. The molecule has 5 nitrogen and oxygen atoms in total. The first-order chi connectivity index (χ1) is 14.9. The highest BCUT2D eigenvalue weighted by Gasteiger charge is 2.20. The quantitative estimate of drug-likeness (QED) is 0.260. The van der Waals surface area contributed by atoms with Crippen LogP contribution in [0.4, 0.5) is 0 Å². The molecule has 1 aromatic carbocycles. The average Bonchev–Trinajstić information content (AvgIpc) is 2.77. The lowest BCUT2D eigenvalue weighted by molar-refractivity contribution is -0.138. The van der Waals surface area contributed by atoms with Crippen molar-refractivity contribution in [1.82, 2.24) is 4.98 Å². The van der Waals surface area contributed by atoms with Gasteiger partial charge in [0.15, 0.2) is 0 Å². The second-order valence-electron chi connectivity index (χ2n) is 7.67. The Hall–Kier alpha value is -2.82. The Bertz CT molecular complexity index is 904. The van der Waals surface area contributed by atoms with Gasteiger partial charge in [-0.05, 0) is 82.2 Å². The van der Waals surface area contributed by atoms with E-state index in [4.69, 9.17) is 14.2 Å². The fraction of sp³-hybridized carbons (Fsp3) is 0.462. The molecule has 0 unspecified atom stereocenters. The molecule has 0 atom stereocenters. The molecule has 0 N–H and O–H groups in total. The third-order valence-corrected chi connectivity index (χ3v) is 5.63. The molecule has 0 aliphatic rings. The largest absolute Gasteiger partial charge is 0.496 e. The monoisotopic (exact) mass is 425 g/mol. The van der Waals surface area contributed by atoms with Gasteiger partial charge in [0, 0.05) is 29.1 Å². The zero-order chi connectivity index (χ0) is 22.8. The van der Waals surface area contributed by atoms with Crippen LogP contribution in [0.25, 0.3) is 6.08 Å². The summed E-state index contributed by atoms with van der Waals surface area (Å²) in [5.74, 6) is 1.33. The molecule has 2 aromatic rings. The lowest BCUT2D eigenvalue weighted by atomic mass is 9.94. The Labute approximate surface area is 186 Å². The van der Waals surface area contributed by atoms with E-state index in [1.807, 2.05) is 46.0 Å². The van der Waals surface area contributed by atoms with Crippen LogP contribution in [0.3, 0.4) is 0 Å². The summed E-state index contributed by atoms with van der Waals surface area (Å²) in [5, 5.41) is 0. The molecular formula is C26H35NO4. The van der Waals surface area contributed by atoms with Crippen LogP contribution in [-0.2, 0) is 16.0 Å². The van der Waals surface area contributed by atoms with Gasteiger partial charge in [0.05, 0.1) is 20.8 Å². The van der Waals surface area contributed by atoms with E-state index in [9.17, 15) is 4.79 Å². The first kappa shape index (κ1) is 24.4. The Morgan fingerprint density at radius 3 is 2.32 bits per heavy atom. The summed E-state index contributed by atoms with van der Waals surface area (Å²) in [6.07, 6.45) is 10.3. The minimum atomic E-state index is -0.270. The summed E-state index contributed by atoms with van der Waals surface area (Å²) in [6.45, 7) is 8.20. The van der Waals surface area contributed by atoms with Crippen LogP contribution < -0.4 is 9.47 Å². The van der Waals surface area contributed by atoms with Crippen molar-refractivity contribution in [3.63, 3.8) is 0 Å². The van der Waals surface area contributed by atoms with Crippen LogP contribution >= 0.6 is 0 Å². The lowest BCUT2D eigenvalue weighted by Gasteiger charge is -2.19. The van der Waals surface area contributed by atoms with Crippen LogP contribution in [0, 0.1) is 20.8 Å². The maximum atomic E-state index is 12.7. The number of ether oxygens (including phenoxy) is 3. The smallest absolute Gasteiger partial charge is 0.334 e. The van der Waals surface area contributed by atoms with E-state index in [0.29, 0.717) is 18.6 Å². The minimum absolute atomic E-state index is 0.270. The number of methoxy groups -OCH3 is 2. The number of hydrogen-bond donors (Lipinski definition) is 0. The number of carbonyl (C=O) groups is 1. The van der Waals surface area contributed by atoms with Gasteiger partial charge >= 0.3 is 5.97 Å². The molecule has 0 bridgehead atoms. The van der Waals surface area contributed by atoms with E-state index >= 15 is 0 Å². The van der Waals surface area contributed by atoms with Gasteiger partial charge in [-0.15, -0.1) is 0 Å². The zero-order valence-corrected chi connectivity index (χ0v) is 19.7. The van der Waals surface area contributed by atoms with Gasteiger partial charge in [-0.2, -0.15) is 0 Å². The van der Waals surface area contributed by atoms with Crippen LogP contribution in [0.15, 0.2) is 30.1 Å². The molecule has 0 saturated carbocycles. The number of aromatic nitrogens is 1. The molecule has 0 amide bonds. The van der Waals surface area contributed by atoms with Gasteiger partial charge in [-0.3, -0.25) is 4.98 Å². The second kappa shape index (κ2) is 12.1. The van der Waals surface area contributed by atoms with Crippen LogP contribution in [-0.4, -0.2) is 31.8 Å². The molecule has 0 fully saturated rings. The predicted molar refractivity (Wildman–Crippen MR) is 125 cm³/mol. The van der Waals surface area contributed by atoms with Crippen molar-refractivity contribution in [2.24, 2.45) is 0 Å². The van der Waals surface area contributed by atoms with E-state index in [-0.39, 0.29) is 5.97 Å². The maximum absolute atomic E-state index is 12.7. The predicted octanol–water partition coefficient (Wildman–Crippen LogP) is 5.77. The minimum Gasteiger partial charge on any atom is -0.496 e. The number of carbonyl (C=O) groups excluding carboxylic acids is 1. The summed E-state index contributed by atoms with van der Waals surface area (Å²) < 4.78 is 16.7. The van der Waals surface area contributed by atoms with Crippen LogP contribution in [0.2, 0.25) is 0 Å². The third-order valence-electron chi connectivity index (χ3n) is 5.63. The average molecular weight is 426 g/mol. The van der Waals surface area contributed by atoms with E-state index in [2.05, 4.69) is 11.1 Å². The highest BCUT2D eigenvalue weighted by Crippen LogP contribution is 2.39. The summed E-state index contributed by atoms with van der Waals surface area (Å²) in [6, 6.07) is 4.06. The van der Waals surface area contributed by atoms with Gasteiger partial charge in [0.2, 0.25) is 0 Å². The molecule has 5 heteroatoms. The normalized spacial score (nSPS) is 11.4. The number of benzene rings is 1. The van der Waals surface area contributed by atoms with E-state index in [1.165, 1.54) is 5.56 Å². The molecule has 1 heterocycles. The van der Waals surface area contributed by atoms with Gasteiger partial charge in [-0.1, -0.05) is 12.5 Å². The van der Waals surface area contributed by atoms with E-state index in [1.54, 1.807) is 20.4 Å². The number of nitrogens with zero attached hydrogens (tertiary/aromatic N) is 1. The van der Waals surface area contributed by atoms with Gasteiger partial charge < -0.3 is 14.2 Å². The Morgan fingerprint density at radius 1 is 1.00 bits per heavy atom. The van der Waals surface area contributed by atoms with Gasteiger partial charge in [0.25, 0.3) is 0 Å². The molecule has 0 aliphatic carbocycles. The first-order valence-electron chi connectivity index (χ1n) is 10.9. The van der Waals surface area contributed by atoms with E-state index < -0.39 is 0 Å². The molecular weight excluding hydrogens is 390 g/mol. The highest BCUT2D eigenvalue weighted by atomic mass is 16.5. The molecule has 0 saturated heterocycles. The molecule has 0 radical (unpaired) electrons. The van der Waals surface area contributed by atoms with E-state index in [0.717, 1.165) is 59.4 Å². The van der Waals surface area contributed by atoms with Crippen LogP contribution in [0.1, 0.15) is 60.4 Å². The number of unbranched alkanes of at least 4 members (excludes halogenated alkanes) is 2. The number of aryl methyl sites for hydroxylation is 1. The summed E-state index contributed by atoms with van der Waals surface area (Å²) >= 11 is 0. The number of rotatable bonds is 11.